The fourth-order valence-electron chi connectivity index (χ4n) is 1.16. The van der Waals surface area contributed by atoms with E-state index in [-0.39, 0.29) is 24.9 Å². The van der Waals surface area contributed by atoms with Gasteiger partial charge in [-0.3, -0.25) is 9.59 Å². The molecule has 0 spiro atoms. The van der Waals surface area contributed by atoms with Crippen molar-refractivity contribution in [3.05, 3.63) is 12.2 Å². The third-order valence-electron chi connectivity index (χ3n) is 2.15. The van der Waals surface area contributed by atoms with E-state index in [1.807, 2.05) is 6.92 Å². The Hall–Kier alpha value is -1.24. The summed E-state index contributed by atoms with van der Waals surface area (Å²) in [6, 6.07) is 0. The summed E-state index contributed by atoms with van der Waals surface area (Å²) in [4.78, 5) is 21.9. The highest BCUT2D eigenvalue weighted by molar-refractivity contribution is 5.77. The average molecular weight is 287 g/mol. The third kappa shape index (κ3) is 14.8. The van der Waals surface area contributed by atoms with Gasteiger partial charge >= 0.3 is 0 Å². The van der Waals surface area contributed by atoms with E-state index in [9.17, 15) is 9.59 Å². The molecule has 0 unspecified atom stereocenters. The van der Waals surface area contributed by atoms with Crippen LogP contribution in [-0.4, -0.2) is 57.9 Å². The van der Waals surface area contributed by atoms with Gasteiger partial charge in [-0.2, -0.15) is 0 Å². The van der Waals surface area contributed by atoms with Gasteiger partial charge in [-0.1, -0.05) is 5.57 Å². The first-order valence-corrected chi connectivity index (χ1v) is 6.66. The highest BCUT2D eigenvalue weighted by atomic mass is 16.5. The summed E-state index contributed by atoms with van der Waals surface area (Å²) in [5, 5.41) is 2.67. The van der Waals surface area contributed by atoms with E-state index in [1.54, 1.807) is 0 Å². The Morgan fingerprint density at radius 2 is 1.60 bits per heavy atom. The molecule has 116 valence electrons. The molecule has 0 fully saturated rings. The molecule has 6 nitrogen and oxygen atoms in total. The summed E-state index contributed by atoms with van der Waals surface area (Å²) < 4.78 is 15.4. The van der Waals surface area contributed by atoms with Crippen LogP contribution in [0.1, 0.15) is 20.3 Å². The lowest BCUT2D eigenvalue weighted by molar-refractivity contribution is -0.126. The number of ketones is 1. The summed E-state index contributed by atoms with van der Waals surface area (Å²) >= 11 is 0. The van der Waals surface area contributed by atoms with Crippen molar-refractivity contribution in [2.75, 3.05) is 46.2 Å². The minimum atomic E-state index is -0.164. The molecule has 1 amide bonds. The molecule has 0 aliphatic heterocycles. The second-order valence-corrected chi connectivity index (χ2v) is 4.48. The van der Waals surface area contributed by atoms with Gasteiger partial charge in [0.2, 0.25) is 5.91 Å². The molecule has 20 heavy (non-hydrogen) atoms. The van der Waals surface area contributed by atoms with Crippen molar-refractivity contribution in [1.29, 1.82) is 0 Å². The number of ether oxygens (including phenoxy) is 3. The van der Waals surface area contributed by atoms with E-state index < -0.39 is 0 Å². The Morgan fingerprint density at radius 3 is 2.25 bits per heavy atom. The first-order valence-electron chi connectivity index (χ1n) is 6.66. The maximum atomic E-state index is 11.3. The van der Waals surface area contributed by atoms with Crippen LogP contribution in [0.15, 0.2) is 12.2 Å². The van der Waals surface area contributed by atoms with Crippen LogP contribution < -0.4 is 5.32 Å². The zero-order valence-electron chi connectivity index (χ0n) is 12.4. The summed E-state index contributed by atoms with van der Waals surface area (Å²) in [7, 11) is 0. The zero-order valence-corrected chi connectivity index (χ0v) is 12.4. The van der Waals surface area contributed by atoms with Crippen molar-refractivity contribution in [3.63, 3.8) is 0 Å². The van der Waals surface area contributed by atoms with Gasteiger partial charge in [0.25, 0.3) is 0 Å². The minimum Gasteiger partial charge on any atom is -0.377 e. The van der Waals surface area contributed by atoms with E-state index >= 15 is 0 Å². The van der Waals surface area contributed by atoms with Crippen molar-refractivity contribution in [2.45, 2.75) is 20.3 Å². The van der Waals surface area contributed by atoms with Crippen molar-refractivity contribution >= 4 is 11.7 Å². The van der Waals surface area contributed by atoms with Crippen LogP contribution >= 0.6 is 0 Å². The molecule has 0 aromatic rings. The molecule has 0 rings (SSSR count). The van der Waals surface area contributed by atoms with Crippen LogP contribution in [-0.2, 0) is 23.8 Å². The zero-order chi connectivity index (χ0) is 15.2. The summed E-state index contributed by atoms with van der Waals surface area (Å²) in [6.45, 7) is 9.40. The molecule has 0 saturated carbocycles. The normalized spacial score (nSPS) is 10.3. The van der Waals surface area contributed by atoms with E-state index in [2.05, 4.69) is 11.9 Å². The smallest absolute Gasteiger partial charge is 0.246 e. The summed E-state index contributed by atoms with van der Waals surface area (Å²) in [5.74, 6) is -0.174. The number of hydrogen-bond donors (Lipinski definition) is 1. The fourth-order valence-corrected chi connectivity index (χ4v) is 1.16. The topological polar surface area (TPSA) is 73.9 Å². The Morgan fingerprint density at radius 1 is 0.950 bits per heavy atom. The molecule has 0 aromatic heterocycles. The quantitative estimate of drug-likeness (QED) is 0.399. The maximum Gasteiger partial charge on any atom is 0.246 e. The van der Waals surface area contributed by atoms with Gasteiger partial charge in [0, 0.05) is 6.54 Å². The van der Waals surface area contributed by atoms with Crippen LogP contribution in [0.2, 0.25) is 0 Å². The van der Waals surface area contributed by atoms with Gasteiger partial charge in [-0.25, -0.2) is 0 Å². The lowest BCUT2D eigenvalue weighted by Crippen LogP contribution is -2.31. The van der Waals surface area contributed by atoms with Crippen molar-refractivity contribution in [2.24, 2.45) is 0 Å². The second-order valence-electron chi connectivity index (χ2n) is 4.48. The Kier molecular flexibility index (Phi) is 12.0. The number of rotatable bonds is 13. The highest BCUT2D eigenvalue weighted by Crippen LogP contribution is 1.94. The van der Waals surface area contributed by atoms with Gasteiger partial charge in [-0.05, 0) is 20.3 Å². The first-order chi connectivity index (χ1) is 9.52. The van der Waals surface area contributed by atoms with Gasteiger partial charge in [0.05, 0.1) is 26.4 Å². The predicted molar refractivity (Wildman–Crippen MR) is 75.6 cm³/mol. The Labute approximate surface area is 120 Å². The average Bonchev–Trinajstić information content (AvgIpc) is 2.37. The van der Waals surface area contributed by atoms with Crippen LogP contribution in [0, 0.1) is 0 Å². The van der Waals surface area contributed by atoms with E-state index in [0.29, 0.717) is 33.0 Å². The number of hydrogen-bond acceptors (Lipinski definition) is 5. The monoisotopic (exact) mass is 287 g/mol. The van der Waals surface area contributed by atoms with Crippen molar-refractivity contribution in [3.8, 4) is 0 Å². The molecule has 0 aliphatic carbocycles. The SMILES string of the molecule is C=C(C)CCOCC(=O)NCCOCCOCC(C)=O. The molecule has 0 aromatic carbocycles. The van der Waals surface area contributed by atoms with Gasteiger partial charge in [0.1, 0.15) is 13.2 Å². The predicted octanol–water partition coefficient (Wildman–Crippen LogP) is 0.708. The number of amides is 1. The Bertz CT molecular complexity index is 304. The van der Waals surface area contributed by atoms with Crippen molar-refractivity contribution in [1.82, 2.24) is 5.32 Å². The minimum absolute atomic E-state index is 0.0103. The molecule has 0 saturated heterocycles. The lowest BCUT2D eigenvalue weighted by atomic mass is 10.3. The van der Waals surface area contributed by atoms with E-state index in [4.69, 9.17) is 14.2 Å². The molecule has 1 N–H and O–H groups in total. The lowest BCUT2D eigenvalue weighted by Gasteiger charge is -2.07. The second kappa shape index (κ2) is 12.8. The first kappa shape index (κ1) is 18.8. The van der Waals surface area contributed by atoms with E-state index in [0.717, 1.165) is 12.0 Å². The molecule has 0 atom stereocenters. The molecule has 0 heterocycles. The maximum absolute atomic E-state index is 11.3. The van der Waals surface area contributed by atoms with E-state index in [1.165, 1.54) is 6.92 Å². The van der Waals surface area contributed by atoms with Crippen molar-refractivity contribution < 1.29 is 23.8 Å². The fraction of sp³-hybridized carbons (Fsp3) is 0.714. The molecule has 0 radical (unpaired) electrons. The summed E-state index contributed by atoms with van der Waals surface area (Å²) in [5.41, 5.74) is 1.03. The highest BCUT2D eigenvalue weighted by Gasteiger charge is 2.00. The van der Waals surface area contributed by atoms with Crippen LogP contribution in [0.5, 0.6) is 0 Å². The summed E-state index contributed by atoms with van der Waals surface area (Å²) in [6.07, 6.45) is 0.761. The van der Waals surface area contributed by atoms with Gasteiger partial charge in [-0.15, -0.1) is 6.58 Å². The molecule has 0 bridgehead atoms. The standard InChI is InChI=1S/C14H25NO5/c1-12(2)4-6-19-11-14(17)15-5-7-18-8-9-20-10-13(3)16/h1,4-11H2,2-3H3,(H,15,17). The van der Waals surface area contributed by atoms with Gasteiger partial charge in [0.15, 0.2) is 5.78 Å². The third-order valence-corrected chi connectivity index (χ3v) is 2.15. The van der Waals surface area contributed by atoms with Gasteiger partial charge < -0.3 is 19.5 Å². The van der Waals surface area contributed by atoms with Crippen LogP contribution in [0.3, 0.4) is 0 Å². The number of Topliss-reactive ketones (excluding diaryl/α,β-unsaturated/α-hetero) is 1. The number of carbonyl (C=O) groups excluding carboxylic acids is 2. The van der Waals surface area contributed by atoms with Crippen LogP contribution in [0.25, 0.3) is 0 Å². The molecule has 0 aliphatic rings. The molecular formula is C14H25NO5. The van der Waals surface area contributed by atoms with Crippen LogP contribution in [0.4, 0.5) is 0 Å². The molecular weight excluding hydrogens is 262 g/mol. The number of carbonyl (C=O) groups is 2. The Balaban J connectivity index is 3.23. The molecule has 6 heteroatoms. The largest absolute Gasteiger partial charge is 0.377 e. The number of nitrogens with one attached hydrogen (secondary N) is 1.